The summed E-state index contributed by atoms with van der Waals surface area (Å²) in [6, 6.07) is 3.40. The summed E-state index contributed by atoms with van der Waals surface area (Å²) >= 11 is 1.19. The zero-order chi connectivity index (χ0) is 15.0. The minimum Gasteiger partial charge on any atom is -0.281 e. The zero-order valence-electron chi connectivity index (χ0n) is 11.4. The molecule has 2 atom stereocenters. The van der Waals surface area contributed by atoms with Crippen LogP contribution in [0.25, 0.3) is 0 Å². The van der Waals surface area contributed by atoms with Crippen molar-refractivity contribution in [1.82, 2.24) is 4.90 Å². The Morgan fingerprint density at radius 2 is 1.81 bits per heavy atom. The number of halogens is 2. The van der Waals surface area contributed by atoms with Gasteiger partial charge in [-0.15, -0.1) is 11.8 Å². The maximum atomic E-state index is 13.5. The van der Waals surface area contributed by atoms with Gasteiger partial charge >= 0.3 is 0 Å². The molecule has 0 N–H and O–H groups in total. The summed E-state index contributed by atoms with van der Waals surface area (Å²) in [5.41, 5.74) is 0. The SMILES string of the molecule is O=C1[C@H]2CCC[C@H]2C(=O)N1CCSc1ccc(F)cc1F. The molecular formula is C15H15F2NO2S. The van der Waals surface area contributed by atoms with Crippen LogP contribution in [0.3, 0.4) is 0 Å². The van der Waals surface area contributed by atoms with Crippen molar-refractivity contribution in [2.75, 3.05) is 12.3 Å². The van der Waals surface area contributed by atoms with E-state index in [2.05, 4.69) is 0 Å². The highest BCUT2D eigenvalue weighted by atomic mass is 32.2. The van der Waals surface area contributed by atoms with Gasteiger partial charge in [-0.25, -0.2) is 8.78 Å². The van der Waals surface area contributed by atoms with Crippen molar-refractivity contribution in [1.29, 1.82) is 0 Å². The molecule has 1 heterocycles. The average molecular weight is 311 g/mol. The quantitative estimate of drug-likeness (QED) is 0.634. The Kier molecular flexibility index (Phi) is 3.97. The van der Waals surface area contributed by atoms with Gasteiger partial charge in [0.1, 0.15) is 11.6 Å². The van der Waals surface area contributed by atoms with E-state index in [1.807, 2.05) is 0 Å². The van der Waals surface area contributed by atoms with Crippen molar-refractivity contribution in [2.45, 2.75) is 24.2 Å². The van der Waals surface area contributed by atoms with Crippen LogP contribution in [0.2, 0.25) is 0 Å². The van der Waals surface area contributed by atoms with Gasteiger partial charge in [-0.2, -0.15) is 0 Å². The van der Waals surface area contributed by atoms with Crippen LogP contribution in [0.1, 0.15) is 19.3 Å². The fourth-order valence-corrected chi connectivity index (χ4v) is 3.97. The van der Waals surface area contributed by atoms with E-state index in [1.165, 1.54) is 28.8 Å². The first-order valence-electron chi connectivity index (χ1n) is 7.01. The maximum absolute atomic E-state index is 13.5. The smallest absolute Gasteiger partial charge is 0.233 e. The van der Waals surface area contributed by atoms with Crippen LogP contribution in [-0.4, -0.2) is 29.0 Å². The fourth-order valence-electron chi connectivity index (χ4n) is 3.12. The van der Waals surface area contributed by atoms with Crippen molar-refractivity contribution in [3.63, 3.8) is 0 Å². The molecule has 0 bridgehead atoms. The van der Waals surface area contributed by atoms with Crippen molar-refractivity contribution in [3.8, 4) is 0 Å². The standard InChI is InChI=1S/C15H15F2NO2S/c16-9-4-5-13(12(17)8-9)21-7-6-18-14(19)10-2-1-3-11(10)15(18)20/h4-5,8,10-11H,1-3,6-7H2/t10-,11+. The predicted octanol–water partition coefficient (Wildman–Crippen LogP) is 2.84. The number of likely N-dealkylation sites (tertiary alicyclic amines) is 1. The zero-order valence-corrected chi connectivity index (χ0v) is 12.2. The lowest BCUT2D eigenvalue weighted by Crippen LogP contribution is -2.33. The summed E-state index contributed by atoms with van der Waals surface area (Å²) in [6.45, 7) is 0.284. The highest BCUT2D eigenvalue weighted by Gasteiger charge is 2.49. The van der Waals surface area contributed by atoms with Gasteiger partial charge in [0, 0.05) is 23.3 Å². The number of thioether (sulfide) groups is 1. The van der Waals surface area contributed by atoms with Gasteiger partial charge in [0.05, 0.1) is 11.8 Å². The van der Waals surface area contributed by atoms with Crippen LogP contribution in [0.4, 0.5) is 8.78 Å². The van der Waals surface area contributed by atoms with Gasteiger partial charge in [0.25, 0.3) is 0 Å². The van der Waals surface area contributed by atoms with Crippen LogP contribution in [0.15, 0.2) is 23.1 Å². The van der Waals surface area contributed by atoms with Crippen molar-refractivity contribution < 1.29 is 18.4 Å². The molecule has 1 aliphatic heterocycles. The molecule has 3 nitrogen and oxygen atoms in total. The van der Waals surface area contributed by atoms with Gasteiger partial charge in [0.2, 0.25) is 11.8 Å². The van der Waals surface area contributed by atoms with E-state index in [-0.39, 0.29) is 30.2 Å². The molecule has 2 amide bonds. The molecule has 2 fully saturated rings. The number of amides is 2. The molecule has 2 aliphatic rings. The molecular weight excluding hydrogens is 296 g/mol. The molecule has 0 spiro atoms. The molecule has 0 unspecified atom stereocenters. The number of hydrogen-bond donors (Lipinski definition) is 0. The van der Waals surface area contributed by atoms with Gasteiger partial charge in [0.15, 0.2) is 0 Å². The number of hydrogen-bond acceptors (Lipinski definition) is 3. The first-order valence-corrected chi connectivity index (χ1v) is 7.99. The first kappa shape index (κ1) is 14.5. The summed E-state index contributed by atoms with van der Waals surface area (Å²) in [5, 5.41) is 0. The lowest BCUT2D eigenvalue weighted by atomic mass is 10.00. The summed E-state index contributed by atoms with van der Waals surface area (Å²) in [6.07, 6.45) is 2.53. The molecule has 21 heavy (non-hydrogen) atoms. The number of benzene rings is 1. The van der Waals surface area contributed by atoms with E-state index in [1.54, 1.807) is 0 Å². The lowest BCUT2D eigenvalue weighted by Gasteiger charge is -2.15. The van der Waals surface area contributed by atoms with Crippen LogP contribution in [0.5, 0.6) is 0 Å². The number of imide groups is 1. The third-order valence-corrected chi connectivity index (χ3v) is 5.18. The second-order valence-corrected chi connectivity index (χ2v) is 6.53. The van der Waals surface area contributed by atoms with Gasteiger partial charge in [-0.3, -0.25) is 14.5 Å². The Bertz CT molecular complexity index is 571. The van der Waals surface area contributed by atoms with E-state index in [0.29, 0.717) is 10.6 Å². The van der Waals surface area contributed by atoms with Gasteiger partial charge in [-0.1, -0.05) is 6.42 Å². The van der Waals surface area contributed by atoms with Gasteiger partial charge < -0.3 is 0 Å². The Morgan fingerprint density at radius 1 is 1.14 bits per heavy atom. The van der Waals surface area contributed by atoms with Crippen LogP contribution >= 0.6 is 11.8 Å². The number of carbonyl (C=O) groups excluding carboxylic acids is 2. The molecule has 1 saturated heterocycles. The highest BCUT2D eigenvalue weighted by molar-refractivity contribution is 7.99. The maximum Gasteiger partial charge on any atom is 0.233 e. The highest BCUT2D eigenvalue weighted by Crippen LogP contribution is 2.39. The topological polar surface area (TPSA) is 37.4 Å². The molecule has 3 rings (SSSR count). The van der Waals surface area contributed by atoms with E-state index < -0.39 is 11.6 Å². The number of nitrogens with zero attached hydrogens (tertiary/aromatic N) is 1. The second-order valence-electron chi connectivity index (χ2n) is 5.40. The van der Waals surface area contributed by atoms with E-state index in [9.17, 15) is 18.4 Å². The average Bonchev–Trinajstić information content (AvgIpc) is 3.00. The molecule has 112 valence electrons. The van der Waals surface area contributed by atoms with Crippen molar-refractivity contribution in [2.24, 2.45) is 11.8 Å². The molecule has 0 aromatic heterocycles. The summed E-state index contributed by atoms with van der Waals surface area (Å²) in [7, 11) is 0. The largest absolute Gasteiger partial charge is 0.281 e. The molecule has 1 aromatic carbocycles. The Morgan fingerprint density at radius 3 is 2.43 bits per heavy atom. The van der Waals surface area contributed by atoms with E-state index in [0.717, 1.165) is 25.3 Å². The normalized spacial score (nSPS) is 24.8. The Hall–Kier alpha value is -1.43. The Balaban J connectivity index is 1.58. The minimum absolute atomic E-state index is 0.0809. The molecule has 1 saturated carbocycles. The molecule has 0 radical (unpaired) electrons. The monoisotopic (exact) mass is 311 g/mol. The number of rotatable bonds is 4. The summed E-state index contributed by atoms with van der Waals surface area (Å²) in [4.78, 5) is 25.9. The lowest BCUT2D eigenvalue weighted by molar-refractivity contribution is -0.139. The van der Waals surface area contributed by atoms with Crippen molar-refractivity contribution >= 4 is 23.6 Å². The molecule has 1 aromatic rings. The third-order valence-electron chi connectivity index (χ3n) is 4.15. The number of fused-ring (bicyclic) bond motifs is 1. The van der Waals surface area contributed by atoms with Crippen LogP contribution < -0.4 is 0 Å². The van der Waals surface area contributed by atoms with Crippen molar-refractivity contribution in [3.05, 3.63) is 29.8 Å². The van der Waals surface area contributed by atoms with Crippen LogP contribution in [0, 0.1) is 23.5 Å². The second kappa shape index (κ2) is 5.75. The Labute approximate surface area is 125 Å². The predicted molar refractivity (Wildman–Crippen MR) is 74.6 cm³/mol. The minimum atomic E-state index is -0.616. The molecule has 6 heteroatoms. The summed E-state index contributed by atoms with van der Waals surface area (Å²) in [5.74, 6) is -1.24. The third kappa shape index (κ3) is 2.69. The first-order chi connectivity index (χ1) is 10.1. The molecule has 1 aliphatic carbocycles. The van der Waals surface area contributed by atoms with E-state index in [4.69, 9.17) is 0 Å². The van der Waals surface area contributed by atoms with E-state index >= 15 is 0 Å². The van der Waals surface area contributed by atoms with Gasteiger partial charge in [-0.05, 0) is 25.0 Å². The fraction of sp³-hybridized carbons (Fsp3) is 0.467. The summed E-state index contributed by atoms with van der Waals surface area (Å²) < 4.78 is 26.3. The number of carbonyl (C=O) groups is 2. The van der Waals surface area contributed by atoms with Crippen LogP contribution in [-0.2, 0) is 9.59 Å².